The smallest absolute Gasteiger partial charge is 0.311 e. The van der Waals surface area contributed by atoms with Crippen LogP contribution in [0, 0.1) is 10.1 Å². The van der Waals surface area contributed by atoms with Crippen molar-refractivity contribution >= 4 is 28.1 Å². The zero-order valence-corrected chi connectivity index (χ0v) is 10.8. The van der Waals surface area contributed by atoms with E-state index >= 15 is 0 Å². The number of nitrogens with zero attached hydrogens (tertiary/aromatic N) is 3. The summed E-state index contributed by atoms with van der Waals surface area (Å²) < 4.78 is 11.3. The third-order valence-electron chi connectivity index (χ3n) is 2.78. The Kier molecular flexibility index (Phi) is 3.75. The third-order valence-corrected chi connectivity index (χ3v) is 4.06. The van der Waals surface area contributed by atoms with E-state index in [9.17, 15) is 14.3 Å². The number of nitrogens with one attached hydrogen (secondary N) is 1. The summed E-state index contributed by atoms with van der Waals surface area (Å²) >= 11 is 0. The average molecular weight is 270 g/mol. The molecule has 1 aromatic heterocycles. The monoisotopic (exact) mass is 270 g/mol. The van der Waals surface area contributed by atoms with E-state index in [4.69, 9.17) is 0 Å². The van der Waals surface area contributed by atoms with Crippen molar-refractivity contribution in [3.63, 3.8) is 0 Å². The SMILES string of the molecule is CNc1ccc([N+](=O)[O-])c(N2CCS(=O)CC2)n1. The standard InChI is InChI=1S/C10H14N4O3S/c1-11-9-3-2-8(14(15)16)10(12-9)13-4-6-18(17)7-5-13/h2-3H,4-7H2,1H3,(H,11,12). The summed E-state index contributed by atoms with van der Waals surface area (Å²) in [4.78, 5) is 16.6. The Morgan fingerprint density at radius 1 is 1.44 bits per heavy atom. The predicted octanol–water partition coefficient (Wildman–Crippen LogP) is 0.600. The number of hydrogen-bond acceptors (Lipinski definition) is 6. The number of rotatable bonds is 3. The molecule has 1 aliphatic heterocycles. The minimum Gasteiger partial charge on any atom is -0.373 e. The van der Waals surface area contributed by atoms with Gasteiger partial charge in [-0.15, -0.1) is 0 Å². The van der Waals surface area contributed by atoms with Crippen LogP contribution >= 0.6 is 0 Å². The van der Waals surface area contributed by atoms with Gasteiger partial charge in [0.05, 0.1) is 4.92 Å². The van der Waals surface area contributed by atoms with Crippen molar-refractivity contribution in [1.82, 2.24) is 4.98 Å². The molecule has 8 heteroatoms. The van der Waals surface area contributed by atoms with E-state index in [-0.39, 0.29) is 5.69 Å². The molecule has 0 spiro atoms. The van der Waals surface area contributed by atoms with Crippen molar-refractivity contribution in [1.29, 1.82) is 0 Å². The van der Waals surface area contributed by atoms with E-state index in [1.54, 1.807) is 13.1 Å². The first-order chi connectivity index (χ1) is 8.61. The molecule has 0 aromatic carbocycles. The first-order valence-corrected chi connectivity index (χ1v) is 7.03. The topological polar surface area (TPSA) is 88.4 Å². The Morgan fingerprint density at radius 2 is 2.11 bits per heavy atom. The average Bonchev–Trinajstić information content (AvgIpc) is 2.38. The molecule has 1 aliphatic rings. The molecule has 2 heterocycles. The van der Waals surface area contributed by atoms with Crippen molar-refractivity contribution in [2.24, 2.45) is 0 Å². The lowest BCUT2D eigenvalue weighted by Gasteiger charge is -2.27. The van der Waals surface area contributed by atoms with Gasteiger partial charge in [-0.1, -0.05) is 0 Å². The van der Waals surface area contributed by atoms with Gasteiger partial charge in [0.15, 0.2) is 0 Å². The summed E-state index contributed by atoms with van der Waals surface area (Å²) in [7, 11) is 0.897. The van der Waals surface area contributed by atoms with E-state index in [1.165, 1.54) is 6.07 Å². The maximum absolute atomic E-state index is 11.3. The van der Waals surface area contributed by atoms with Crippen LogP contribution < -0.4 is 10.2 Å². The molecule has 0 saturated carbocycles. The van der Waals surface area contributed by atoms with Crippen LogP contribution in [0.3, 0.4) is 0 Å². The Bertz CT molecular complexity index is 484. The highest BCUT2D eigenvalue weighted by molar-refractivity contribution is 7.85. The van der Waals surface area contributed by atoms with Crippen molar-refractivity contribution in [3.8, 4) is 0 Å². The second-order valence-electron chi connectivity index (χ2n) is 3.88. The highest BCUT2D eigenvalue weighted by atomic mass is 32.2. The summed E-state index contributed by atoms with van der Waals surface area (Å²) in [5, 5.41) is 13.8. The molecule has 98 valence electrons. The van der Waals surface area contributed by atoms with Gasteiger partial charge < -0.3 is 10.2 Å². The van der Waals surface area contributed by atoms with Gasteiger partial charge in [0.2, 0.25) is 5.82 Å². The Labute approximate surface area is 107 Å². The molecule has 0 amide bonds. The zero-order valence-electron chi connectivity index (χ0n) is 9.96. The van der Waals surface area contributed by atoms with Crippen LogP contribution in [0.2, 0.25) is 0 Å². The van der Waals surface area contributed by atoms with Crippen LogP contribution in [-0.2, 0) is 10.8 Å². The van der Waals surface area contributed by atoms with Crippen molar-refractivity contribution in [3.05, 3.63) is 22.2 Å². The maximum atomic E-state index is 11.3. The Morgan fingerprint density at radius 3 is 2.67 bits per heavy atom. The fourth-order valence-corrected chi connectivity index (χ4v) is 2.86. The van der Waals surface area contributed by atoms with E-state index in [0.717, 1.165) is 0 Å². The third kappa shape index (κ3) is 2.58. The Hall–Kier alpha value is -1.70. The fourth-order valence-electron chi connectivity index (χ4n) is 1.81. The Balaban J connectivity index is 2.34. The number of nitro groups is 1. The van der Waals surface area contributed by atoms with Crippen LogP contribution in [0.25, 0.3) is 0 Å². The number of hydrogen-bond donors (Lipinski definition) is 1. The van der Waals surface area contributed by atoms with Crippen molar-refractivity contribution in [2.75, 3.05) is 41.9 Å². The van der Waals surface area contributed by atoms with Crippen LogP contribution in [0.1, 0.15) is 0 Å². The van der Waals surface area contributed by atoms with Gasteiger partial charge in [0, 0.05) is 48.5 Å². The lowest BCUT2D eigenvalue weighted by atomic mass is 10.3. The molecule has 1 aromatic rings. The maximum Gasteiger partial charge on any atom is 0.311 e. The quantitative estimate of drug-likeness (QED) is 0.639. The molecular formula is C10H14N4O3S. The minimum atomic E-state index is -0.814. The van der Waals surface area contributed by atoms with Crippen molar-refractivity contribution in [2.45, 2.75) is 0 Å². The lowest BCUT2D eigenvalue weighted by molar-refractivity contribution is -0.384. The minimum absolute atomic E-state index is 0.0123. The summed E-state index contributed by atoms with van der Waals surface area (Å²) in [5.74, 6) is 2.00. The van der Waals surface area contributed by atoms with Crippen LogP contribution in [0.4, 0.5) is 17.3 Å². The summed E-state index contributed by atoms with van der Waals surface area (Å²) in [6.45, 7) is 1.07. The molecule has 2 rings (SSSR count). The second kappa shape index (κ2) is 5.30. The van der Waals surface area contributed by atoms with Gasteiger partial charge in [0.25, 0.3) is 0 Å². The van der Waals surface area contributed by atoms with Gasteiger partial charge in [-0.05, 0) is 6.07 Å². The van der Waals surface area contributed by atoms with E-state index in [1.807, 2.05) is 4.90 Å². The molecule has 0 radical (unpaired) electrons. The molecule has 1 N–H and O–H groups in total. The molecular weight excluding hydrogens is 256 g/mol. The van der Waals surface area contributed by atoms with Crippen LogP contribution in [0.15, 0.2) is 12.1 Å². The number of pyridine rings is 1. The predicted molar refractivity (Wildman–Crippen MR) is 70.5 cm³/mol. The summed E-state index contributed by atoms with van der Waals surface area (Å²) in [5.41, 5.74) is -0.0123. The van der Waals surface area contributed by atoms with Gasteiger partial charge in [-0.3, -0.25) is 14.3 Å². The van der Waals surface area contributed by atoms with E-state index in [0.29, 0.717) is 36.2 Å². The highest BCUT2D eigenvalue weighted by Gasteiger charge is 2.24. The first kappa shape index (κ1) is 12.7. The van der Waals surface area contributed by atoms with Gasteiger partial charge in [-0.25, -0.2) is 4.98 Å². The number of anilines is 2. The normalized spacial score (nSPS) is 16.6. The van der Waals surface area contributed by atoms with Gasteiger partial charge in [0.1, 0.15) is 5.82 Å². The zero-order chi connectivity index (χ0) is 13.1. The lowest BCUT2D eigenvalue weighted by Crippen LogP contribution is -2.38. The molecule has 0 bridgehead atoms. The summed E-state index contributed by atoms with van der Waals surface area (Å²) in [6.07, 6.45) is 0. The molecule has 18 heavy (non-hydrogen) atoms. The molecule has 0 atom stereocenters. The first-order valence-electron chi connectivity index (χ1n) is 5.55. The molecule has 1 saturated heterocycles. The van der Waals surface area contributed by atoms with E-state index in [2.05, 4.69) is 10.3 Å². The molecule has 1 fully saturated rings. The fraction of sp³-hybridized carbons (Fsp3) is 0.500. The van der Waals surface area contributed by atoms with Crippen LogP contribution in [-0.4, -0.2) is 45.8 Å². The second-order valence-corrected chi connectivity index (χ2v) is 5.58. The molecule has 0 aliphatic carbocycles. The molecule has 7 nitrogen and oxygen atoms in total. The van der Waals surface area contributed by atoms with Crippen LogP contribution in [0.5, 0.6) is 0 Å². The summed E-state index contributed by atoms with van der Waals surface area (Å²) in [6, 6.07) is 3.02. The highest BCUT2D eigenvalue weighted by Crippen LogP contribution is 2.28. The van der Waals surface area contributed by atoms with Gasteiger partial charge in [-0.2, -0.15) is 0 Å². The van der Waals surface area contributed by atoms with Crippen molar-refractivity contribution < 1.29 is 9.13 Å². The van der Waals surface area contributed by atoms with E-state index < -0.39 is 15.7 Å². The number of aromatic nitrogens is 1. The largest absolute Gasteiger partial charge is 0.373 e. The van der Waals surface area contributed by atoms with Gasteiger partial charge >= 0.3 is 5.69 Å². The molecule has 0 unspecified atom stereocenters.